The summed E-state index contributed by atoms with van der Waals surface area (Å²) in [5.41, 5.74) is 0.670. The molecule has 0 amide bonds. The molecule has 4 heteroatoms. The number of hydrogen-bond acceptors (Lipinski definition) is 4. The van der Waals surface area contributed by atoms with E-state index >= 15 is 0 Å². The molecule has 1 aromatic heterocycles. The lowest BCUT2D eigenvalue weighted by molar-refractivity contribution is 0.403. The molecular formula is C13H14O4. The molecule has 0 unspecified atom stereocenters. The van der Waals surface area contributed by atoms with Crippen LogP contribution < -0.4 is 5.63 Å². The molecule has 0 spiro atoms. The average Bonchev–Trinajstić information content (AvgIpc) is 2.20. The Morgan fingerprint density at radius 1 is 1.18 bits per heavy atom. The van der Waals surface area contributed by atoms with Gasteiger partial charge < -0.3 is 14.6 Å². The summed E-state index contributed by atoms with van der Waals surface area (Å²) in [7, 11) is 0. The molecule has 0 fully saturated rings. The van der Waals surface area contributed by atoms with E-state index in [0.29, 0.717) is 23.3 Å². The number of benzene rings is 1. The first kappa shape index (κ1) is 11.5. The van der Waals surface area contributed by atoms with Crippen molar-refractivity contribution in [2.75, 3.05) is 0 Å². The van der Waals surface area contributed by atoms with Crippen molar-refractivity contribution >= 4 is 11.0 Å². The van der Waals surface area contributed by atoms with Gasteiger partial charge in [0, 0.05) is 17.5 Å². The number of phenols is 2. The van der Waals surface area contributed by atoms with Gasteiger partial charge in [-0.3, -0.25) is 0 Å². The van der Waals surface area contributed by atoms with Crippen LogP contribution in [0.1, 0.15) is 19.4 Å². The Kier molecular flexibility index (Phi) is 2.79. The zero-order valence-electron chi connectivity index (χ0n) is 9.73. The van der Waals surface area contributed by atoms with E-state index in [2.05, 4.69) is 0 Å². The largest absolute Gasteiger partial charge is 0.504 e. The van der Waals surface area contributed by atoms with Gasteiger partial charge in [0.1, 0.15) is 5.58 Å². The van der Waals surface area contributed by atoms with E-state index < -0.39 is 5.63 Å². The van der Waals surface area contributed by atoms with Crippen LogP contribution in [-0.2, 0) is 6.42 Å². The summed E-state index contributed by atoms with van der Waals surface area (Å²) < 4.78 is 4.99. The highest BCUT2D eigenvalue weighted by molar-refractivity contribution is 5.83. The van der Waals surface area contributed by atoms with Crippen molar-refractivity contribution in [1.82, 2.24) is 0 Å². The van der Waals surface area contributed by atoms with Crippen LogP contribution in [0.5, 0.6) is 11.5 Å². The highest BCUT2D eigenvalue weighted by atomic mass is 16.4. The first-order valence-electron chi connectivity index (χ1n) is 5.46. The van der Waals surface area contributed by atoms with Crippen molar-refractivity contribution in [2.45, 2.75) is 20.3 Å². The van der Waals surface area contributed by atoms with Crippen LogP contribution in [0.2, 0.25) is 0 Å². The summed E-state index contributed by atoms with van der Waals surface area (Å²) in [5.74, 6) is -0.116. The van der Waals surface area contributed by atoms with Gasteiger partial charge in [0.25, 0.3) is 0 Å². The third kappa shape index (κ3) is 2.25. The fourth-order valence-corrected chi connectivity index (χ4v) is 1.86. The maximum atomic E-state index is 11.4. The number of fused-ring (bicyclic) bond motifs is 1. The minimum atomic E-state index is -0.446. The Morgan fingerprint density at radius 2 is 1.82 bits per heavy atom. The maximum absolute atomic E-state index is 11.4. The smallest absolute Gasteiger partial charge is 0.336 e. The normalized spacial score (nSPS) is 11.2. The quantitative estimate of drug-likeness (QED) is 0.618. The summed E-state index contributed by atoms with van der Waals surface area (Å²) in [6.45, 7) is 4.08. The van der Waals surface area contributed by atoms with E-state index in [0.717, 1.165) is 5.56 Å². The van der Waals surface area contributed by atoms with Gasteiger partial charge in [-0.05, 0) is 24.0 Å². The lowest BCUT2D eigenvalue weighted by Gasteiger charge is -2.08. The number of rotatable bonds is 2. The van der Waals surface area contributed by atoms with Gasteiger partial charge in [0.05, 0.1) is 0 Å². The van der Waals surface area contributed by atoms with Gasteiger partial charge in [-0.25, -0.2) is 4.79 Å². The van der Waals surface area contributed by atoms with Gasteiger partial charge in [0.2, 0.25) is 0 Å². The van der Waals surface area contributed by atoms with E-state index in [1.54, 1.807) is 0 Å². The van der Waals surface area contributed by atoms with E-state index in [9.17, 15) is 15.0 Å². The fourth-order valence-electron chi connectivity index (χ4n) is 1.86. The summed E-state index contributed by atoms with van der Waals surface area (Å²) in [4.78, 5) is 11.4. The van der Waals surface area contributed by atoms with Gasteiger partial charge in [-0.2, -0.15) is 0 Å². The van der Waals surface area contributed by atoms with Gasteiger partial charge in [0.15, 0.2) is 11.5 Å². The molecule has 0 saturated heterocycles. The van der Waals surface area contributed by atoms with Crippen molar-refractivity contribution in [1.29, 1.82) is 0 Å². The van der Waals surface area contributed by atoms with Gasteiger partial charge in [-0.15, -0.1) is 0 Å². The zero-order chi connectivity index (χ0) is 12.6. The van der Waals surface area contributed by atoms with Crippen LogP contribution in [0, 0.1) is 5.92 Å². The third-order valence-corrected chi connectivity index (χ3v) is 2.55. The fraction of sp³-hybridized carbons (Fsp3) is 0.308. The van der Waals surface area contributed by atoms with Crippen LogP contribution in [0.3, 0.4) is 0 Å². The van der Waals surface area contributed by atoms with E-state index in [1.807, 2.05) is 13.8 Å². The number of phenolic OH excluding ortho intramolecular Hbond substituents is 2. The summed E-state index contributed by atoms with van der Waals surface area (Å²) in [6, 6.07) is 4.11. The molecule has 90 valence electrons. The van der Waals surface area contributed by atoms with Crippen molar-refractivity contribution < 1.29 is 14.6 Å². The molecule has 17 heavy (non-hydrogen) atoms. The molecule has 2 rings (SSSR count). The topological polar surface area (TPSA) is 70.7 Å². The Balaban J connectivity index is 2.73. The molecule has 0 aliphatic rings. The van der Waals surface area contributed by atoms with Crippen LogP contribution in [0.4, 0.5) is 0 Å². The predicted molar refractivity (Wildman–Crippen MR) is 64.4 cm³/mol. The van der Waals surface area contributed by atoms with Crippen molar-refractivity contribution in [3.05, 3.63) is 34.2 Å². The number of aromatic hydroxyl groups is 2. The first-order chi connectivity index (χ1) is 7.97. The summed E-state index contributed by atoms with van der Waals surface area (Å²) in [6.07, 6.45) is 0.715. The third-order valence-electron chi connectivity index (χ3n) is 2.55. The molecule has 2 aromatic rings. The molecule has 0 atom stereocenters. The van der Waals surface area contributed by atoms with Crippen LogP contribution in [-0.4, -0.2) is 10.2 Å². The van der Waals surface area contributed by atoms with E-state index in [4.69, 9.17) is 4.42 Å². The standard InChI is InChI=1S/C13H14O4/c1-7(2)3-8-4-13(16)17-12-6-11(15)10(14)5-9(8)12/h4-7,14-15H,3H2,1-2H3. The SMILES string of the molecule is CC(C)Cc1cc(=O)oc2cc(O)c(O)cc12. The molecule has 0 aliphatic carbocycles. The maximum Gasteiger partial charge on any atom is 0.336 e. The lowest BCUT2D eigenvalue weighted by Crippen LogP contribution is -2.03. The van der Waals surface area contributed by atoms with Crippen LogP contribution in [0.25, 0.3) is 11.0 Å². The average molecular weight is 234 g/mol. The second-order valence-electron chi connectivity index (χ2n) is 4.53. The van der Waals surface area contributed by atoms with Crippen LogP contribution in [0.15, 0.2) is 27.4 Å². The van der Waals surface area contributed by atoms with Crippen molar-refractivity contribution in [3.63, 3.8) is 0 Å². The van der Waals surface area contributed by atoms with Gasteiger partial charge >= 0.3 is 5.63 Å². The van der Waals surface area contributed by atoms with Gasteiger partial charge in [-0.1, -0.05) is 13.8 Å². The summed E-state index contributed by atoms with van der Waals surface area (Å²) >= 11 is 0. The zero-order valence-corrected chi connectivity index (χ0v) is 9.73. The molecular weight excluding hydrogens is 220 g/mol. The molecule has 1 heterocycles. The second-order valence-corrected chi connectivity index (χ2v) is 4.53. The Morgan fingerprint density at radius 3 is 2.47 bits per heavy atom. The second kappa shape index (κ2) is 4.13. The predicted octanol–water partition coefficient (Wildman–Crippen LogP) is 2.40. The van der Waals surface area contributed by atoms with Crippen LogP contribution >= 0.6 is 0 Å². The van der Waals surface area contributed by atoms with E-state index in [-0.39, 0.29) is 11.5 Å². The minimum Gasteiger partial charge on any atom is -0.504 e. The van der Waals surface area contributed by atoms with Crippen molar-refractivity contribution in [3.8, 4) is 11.5 Å². The van der Waals surface area contributed by atoms with E-state index in [1.165, 1.54) is 18.2 Å². The monoisotopic (exact) mass is 234 g/mol. The minimum absolute atomic E-state index is 0.212. The first-order valence-corrected chi connectivity index (χ1v) is 5.46. The molecule has 0 radical (unpaired) electrons. The number of hydrogen-bond donors (Lipinski definition) is 2. The molecule has 1 aromatic carbocycles. The lowest BCUT2D eigenvalue weighted by atomic mass is 10.00. The van der Waals surface area contributed by atoms with Crippen molar-refractivity contribution in [2.24, 2.45) is 5.92 Å². The Bertz CT molecular complexity index is 611. The molecule has 0 saturated carbocycles. The summed E-state index contributed by atoms with van der Waals surface area (Å²) in [5, 5.41) is 19.5. The Labute approximate surface area is 98.1 Å². The highest BCUT2D eigenvalue weighted by Gasteiger charge is 2.10. The molecule has 2 N–H and O–H groups in total. The molecule has 4 nitrogen and oxygen atoms in total. The molecule has 0 aliphatic heterocycles. The molecule has 0 bridgehead atoms. The highest BCUT2D eigenvalue weighted by Crippen LogP contribution is 2.31. The Hall–Kier alpha value is -1.97.